The third kappa shape index (κ3) is 5.32. The van der Waals surface area contributed by atoms with Gasteiger partial charge in [0.1, 0.15) is 0 Å². The van der Waals surface area contributed by atoms with Crippen LogP contribution in [0, 0.1) is 13.8 Å². The third-order valence-corrected chi connectivity index (χ3v) is 7.80. The van der Waals surface area contributed by atoms with Crippen LogP contribution in [0.3, 0.4) is 0 Å². The summed E-state index contributed by atoms with van der Waals surface area (Å²) in [4.78, 5) is 17.9. The molecule has 0 amide bonds. The van der Waals surface area contributed by atoms with Gasteiger partial charge in [-0.25, -0.2) is 13.2 Å². The first-order valence-corrected chi connectivity index (χ1v) is 12.8. The van der Waals surface area contributed by atoms with Gasteiger partial charge in [0.15, 0.2) is 6.61 Å². The molecule has 0 fully saturated rings. The van der Waals surface area contributed by atoms with E-state index < -0.39 is 16.0 Å². The first-order valence-electron chi connectivity index (χ1n) is 9.66. The number of aromatic nitrogens is 2. The number of hydrogen-bond donors (Lipinski definition) is 1. The van der Waals surface area contributed by atoms with Gasteiger partial charge in [-0.15, -0.1) is 11.3 Å². The average Bonchev–Trinajstić information content (AvgIpc) is 3.42. The van der Waals surface area contributed by atoms with Crippen LogP contribution in [0.2, 0.25) is 0 Å². The van der Waals surface area contributed by atoms with Crippen LogP contribution in [0.15, 0.2) is 67.8 Å². The molecule has 0 saturated heterocycles. The zero-order valence-corrected chi connectivity index (χ0v) is 20.8. The first kappa shape index (κ1) is 23.1. The number of halogens is 1. The van der Waals surface area contributed by atoms with Gasteiger partial charge in [0, 0.05) is 9.85 Å². The van der Waals surface area contributed by atoms with Crippen molar-refractivity contribution in [2.24, 2.45) is 0 Å². The van der Waals surface area contributed by atoms with Gasteiger partial charge in [-0.1, -0.05) is 29.4 Å². The molecular formula is C22H18BrN3O5S2. The van der Waals surface area contributed by atoms with Gasteiger partial charge in [0.2, 0.25) is 5.82 Å². The Morgan fingerprint density at radius 2 is 1.97 bits per heavy atom. The lowest BCUT2D eigenvalue weighted by Gasteiger charge is -2.13. The van der Waals surface area contributed by atoms with Crippen LogP contribution in [-0.2, 0) is 21.4 Å². The average molecular weight is 548 g/mol. The summed E-state index contributed by atoms with van der Waals surface area (Å²) in [6, 6.07) is 13.2. The maximum absolute atomic E-state index is 13.0. The van der Waals surface area contributed by atoms with Gasteiger partial charge >= 0.3 is 5.97 Å². The van der Waals surface area contributed by atoms with Gasteiger partial charge < -0.3 is 9.26 Å². The van der Waals surface area contributed by atoms with E-state index in [1.54, 1.807) is 31.2 Å². The lowest BCUT2D eigenvalue weighted by molar-refractivity contribution is 0.0431. The second kappa shape index (κ2) is 9.46. The maximum atomic E-state index is 13.0. The number of nitrogens with one attached hydrogen (secondary N) is 1. The number of carbonyl (C=O) groups is 1. The smallest absolute Gasteiger partial charge is 0.340 e. The Morgan fingerprint density at radius 1 is 1.18 bits per heavy atom. The molecule has 0 radical (unpaired) electrons. The first-order chi connectivity index (χ1) is 15.7. The number of nitrogens with zero attached hydrogens (tertiary/aromatic N) is 2. The van der Waals surface area contributed by atoms with Crippen molar-refractivity contribution in [1.29, 1.82) is 0 Å². The predicted molar refractivity (Wildman–Crippen MR) is 128 cm³/mol. The molecule has 4 rings (SSSR count). The Kier molecular flexibility index (Phi) is 6.63. The SMILES string of the molecule is Cc1ccc(C)c(S(=O)(=O)Nc2ccccc2C(=O)OCc2nc(-c3cc(Br)cs3)no2)c1. The van der Waals surface area contributed by atoms with E-state index in [1.807, 2.05) is 24.4 Å². The fraction of sp³-hybridized carbons (Fsp3) is 0.136. The van der Waals surface area contributed by atoms with Crippen molar-refractivity contribution in [2.45, 2.75) is 25.3 Å². The van der Waals surface area contributed by atoms with E-state index in [9.17, 15) is 13.2 Å². The fourth-order valence-corrected chi connectivity index (χ4v) is 5.76. The number of thiophene rings is 1. The van der Waals surface area contributed by atoms with Crippen molar-refractivity contribution in [3.05, 3.63) is 81.0 Å². The van der Waals surface area contributed by atoms with Crippen LogP contribution in [0.4, 0.5) is 5.69 Å². The third-order valence-electron chi connectivity index (χ3n) is 4.61. The van der Waals surface area contributed by atoms with Crippen LogP contribution in [0.1, 0.15) is 27.4 Å². The lowest BCUT2D eigenvalue weighted by atomic mass is 10.2. The zero-order chi connectivity index (χ0) is 23.6. The zero-order valence-electron chi connectivity index (χ0n) is 17.5. The van der Waals surface area contributed by atoms with Crippen molar-refractivity contribution in [3.63, 3.8) is 0 Å². The number of aryl methyl sites for hydroxylation is 2. The van der Waals surface area contributed by atoms with Crippen molar-refractivity contribution in [3.8, 4) is 10.7 Å². The summed E-state index contributed by atoms with van der Waals surface area (Å²) < 4.78 is 39.8. The molecule has 11 heteroatoms. The van der Waals surface area contributed by atoms with E-state index in [1.165, 1.54) is 23.5 Å². The number of para-hydroxylation sites is 1. The number of benzene rings is 2. The van der Waals surface area contributed by atoms with Crippen molar-refractivity contribution >= 4 is 48.9 Å². The minimum Gasteiger partial charge on any atom is -0.452 e. The highest BCUT2D eigenvalue weighted by Gasteiger charge is 2.22. The molecule has 2 aromatic heterocycles. The number of ether oxygens (including phenoxy) is 1. The predicted octanol–water partition coefficient (Wildman–Crippen LogP) is 5.34. The fourth-order valence-electron chi connectivity index (χ4n) is 3.00. The van der Waals surface area contributed by atoms with Crippen LogP contribution in [-0.4, -0.2) is 24.5 Å². The minimum absolute atomic E-state index is 0.0632. The lowest BCUT2D eigenvalue weighted by Crippen LogP contribution is -2.17. The van der Waals surface area contributed by atoms with Crippen molar-refractivity contribution < 1.29 is 22.5 Å². The topological polar surface area (TPSA) is 111 Å². The molecule has 170 valence electrons. The summed E-state index contributed by atoms with van der Waals surface area (Å²) in [6.45, 7) is 3.27. The number of carbonyl (C=O) groups excluding carboxylic acids is 1. The van der Waals surface area contributed by atoms with E-state index in [2.05, 4.69) is 30.8 Å². The molecule has 0 atom stereocenters. The summed E-state index contributed by atoms with van der Waals surface area (Å²) in [5.41, 5.74) is 1.58. The Labute approximate surface area is 202 Å². The molecule has 4 aromatic rings. The highest BCUT2D eigenvalue weighted by atomic mass is 79.9. The molecule has 0 saturated carbocycles. The van der Waals surface area contributed by atoms with Crippen molar-refractivity contribution in [1.82, 2.24) is 10.1 Å². The molecular weight excluding hydrogens is 530 g/mol. The minimum atomic E-state index is -3.92. The van der Waals surface area contributed by atoms with Gasteiger partial charge in [-0.05, 0) is 65.2 Å². The Morgan fingerprint density at radius 3 is 2.73 bits per heavy atom. The summed E-state index contributed by atoms with van der Waals surface area (Å²) in [5, 5.41) is 5.78. The van der Waals surface area contributed by atoms with Gasteiger partial charge in [0.05, 0.1) is 21.0 Å². The highest BCUT2D eigenvalue weighted by Crippen LogP contribution is 2.28. The quantitative estimate of drug-likeness (QED) is 0.311. The summed E-state index contributed by atoms with van der Waals surface area (Å²) in [7, 11) is -3.92. The molecule has 0 bridgehead atoms. The molecule has 0 unspecified atom stereocenters. The molecule has 1 N–H and O–H groups in total. The van der Waals surface area contributed by atoms with Crippen LogP contribution in [0.25, 0.3) is 10.7 Å². The van der Waals surface area contributed by atoms with E-state index in [-0.39, 0.29) is 28.6 Å². The number of sulfonamides is 1. The molecule has 8 nitrogen and oxygen atoms in total. The number of esters is 1. The second-order valence-corrected chi connectivity index (χ2v) is 10.6. The van der Waals surface area contributed by atoms with Crippen LogP contribution >= 0.6 is 27.3 Å². The summed E-state index contributed by atoms with van der Waals surface area (Å²) in [6.07, 6.45) is 0. The van der Waals surface area contributed by atoms with E-state index in [0.29, 0.717) is 11.4 Å². The Balaban J connectivity index is 1.50. The Hall–Kier alpha value is -3.02. The van der Waals surface area contributed by atoms with Crippen LogP contribution < -0.4 is 4.72 Å². The molecule has 2 aromatic carbocycles. The van der Waals surface area contributed by atoms with Crippen molar-refractivity contribution in [2.75, 3.05) is 4.72 Å². The number of rotatable bonds is 7. The molecule has 2 heterocycles. The number of anilines is 1. The monoisotopic (exact) mass is 547 g/mol. The normalized spacial score (nSPS) is 11.4. The Bertz CT molecular complexity index is 1430. The summed E-state index contributed by atoms with van der Waals surface area (Å²) in [5.74, 6) is -0.220. The standard InChI is InChI=1S/C22H18BrN3O5S2/c1-13-7-8-14(2)19(9-13)33(28,29)26-17-6-4-3-5-16(17)22(27)30-11-20-24-21(25-31-20)18-10-15(23)12-32-18/h3-10,12,26H,11H2,1-2H3. The molecule has 0 spiro atoms. The molecule has 0 aliphatic heterocycles. The largest absolute Gasteiger partial charge is 0.452 e. The van der Waals surface area contributed by atoms with Crippen LogP contribution in [0.5, 0.6) is 0 Å². The molecule has 0 aliphatic carbocycles. The van der Waals surface area contributed by atoms with E-state index in [4.69, 9.17) is 9.26 Å². The maximum Gasteiger partial charge on any atom is 0.340 e. The van der Waals surface area contributed by atoms with Gasteiger partial charge in [-0.2, -0.15) is 4.98 Å². The van der Waals surface area contributed by atoms with E-state index in [0.717, 1.165) is 14.9 Å². The van der Waals surface area contributed by atoms with Gasteiger partial charge in [0.25, 0.3) is 15.9 Å². The second-order valence-electron chi connectivity index (χ2n) is 7.14. The molecule has 33 heavy (non-hydrogen) atoms. The number of hydrogen-bond acceptors (Lipinski definition) is 8. The van der Waals surface area contributed by atoms with Gasteiger partial charge in [-0.3, -0.25) is 4.72 Å². The highest BCUT2D eigenvalue weighted by molar-refractivity contribution is 9.10. The summed E-state index contributed by atoms with van der Waals surface area (Å²) >= 11 is 4.81. The molecule has 0 aliphatic rings. The van der Waals surface area contributed by atoms with E-state index >= 15 is 0 Å².